The lowest BCUT2D eigenvalue weighted by molar-refractivity contribution is 0.0783. The maximum absolute atomic E-state index is 12.1. The minimum absolute atomic E-state index is 0.0303. The first-order chi connectivity index (χ1) is 8.56. The van der Waals surface area contributed by atoms with Crippen LogP contribution >= 0.6 is 22.9 Å². The van der Waals surface area contributed by atoms with Crippen molar-refractivity contribution in [2.75, 3.05) is 7.05 Å². The average Bonchev–Trinajstić information content (AvgIpc) is 2.75. The first kappa shape index (κ1) is 13.1. The fourth-order valence-electron chi connectivity index (χ4n) is 1.61. The molecule has 0 atom stereocenters. The lowest BCUT2D eigenvalue weighted by Gasteiger charge is -2.15. The van der Waals surface area contributed by atoms with Crippen molar-refractivity contribution >= 4 is 28.8 Å². The molecule has 1 heterocycles. The van der Waals surface area contributed by atoms with E-state index < -0.39 is 0 Å². The normalized spacial score (nSPS) is 10.4. The van der Waals surface area contributed by atoms with Gasteiger partial charge in [-0.25, -0.2) is 4.98 Å². The topological polar surface area (TPSA) is 33.2 Å². The Hall–Kier alpha value is -1.39. The zero-order valence-electron chi connectivity index (χ0n) is 10.2. The quantitative estimate of drug-likeness (QED) is 0.863. The summed E-state index contributed by atoms with van der Waals surface area (Å²) in [6.07, 6.45) is 0. The smallest absolute Gasteiger partial charge is 0.253 e. The van der Waals surface area contributed by atoms with Crippen LogP contribution in [-0.4, -0.2) is 22.8 Å². The standard InChI is InChI=1S/C13H13ClN2OS/c1-9-15-12(8-18-9)7-16(2)13(17)10-3-5-11(14)6-4-10/h3-6,8H,7H2,1-2H3. The van der Waals surface area contributed by atoms with E-state index >= 15 is 0 Å². The van der Waals surface area contributed by atoms with Crippen LogP contribution in [0.4, 0.5) is 0 Å². The lowest BCUT2D eigenvalue weighted by atomic mass is 10.2. The number of rotatable bonds is 3. The van der Waals surface area contributed by atoms with E-state index in [1.807, 2.05) is 12.3 Å². The van der Waals surface area contributed by atoms with E-state index in [2.05, 4.69) is 4.98 Å². The summed E-state index contributed by atoms with van der Waals surface area (Å²) in [5, 5.41) is 3.61. The van der Waals surface area contributed by atoms with Gasteiger partial charge in [-0.15, -0.1) is 11.3 Å². The largest absolute Gasteiger partial charge is 0.336 e. The van der Waals surface area contributed by atoms with Gasteiger partial charge in [0.25, 0.3) is 5.91 Å². The fraction of sp³-hybridized carbons (Fsp3) is 0.231. The zero-order valence-corrected chi connectivity index (χ0v) is 11.8. The lowest BCUT2D eigenvalue weighted by Crippen LogP contribution is -2.26. The van der Waals surface area contributed by atoms with Gasteiger partial charge >= 0.3 is 0 Å². The van der Waals surface area contributed by atoms with Crippen LogP contribution in [0.15, 0.2) is 29.6 Å². The van der Waals surface area contributed by atoms with Crippen molar-refractivity contribution < 1.29 is 4.79 Å². The Morgan fingerprint density at radius 1 is 1.39 bits per heavy atom. The Morgan fingerprint density at radius 3 is 2.61 bits per heavy atom. The van der Waals surface area contributed by atoms with E-state index in [4.69, 9.17) is 11.6 Å². The van der Waals surface area contributed by atoms with Crippen LogP contribution in [0.5, 0.6) is 0 Å². The van der Waals surface area contributed by atoms with Crippen LogP contribution in [0.1, 0.15) is 21.1 Å². The molecule has 2 aromatic rings. The third kappa shape index (κ3) is 3.09. The number of carbonyl (C=O) groups is 1. The minimum atomic E-state index is -0.0303. The molecule has 0 unspecified atom stereocenters. The molecule has 0 saturated heterocycles. The van der Waals surface area contributed by atoms with Gasteiger partial charge in [0.15, 0.2) is 0 Å². The maximum Gasteiger partial charge on any atom is 0.253 e. The molecule has 1 aromatic heterocycles. The van der Waals surface area contributed by atoms with Crippen LogP contribution in [0, 0.1) is 6.92 Å². The van der Waals surface area contributed by atoms with Crippen molar-refractivity contribution in [2.24, 2.45) is 0 Å². The molecule has 0 radical (unpaired) electrons. The van der Waals surface area contributed by atoms with Crippen LogP contribution < -0.4 is 0 Å². The number of thiazole rings is 1. The number of amides is 1. The number of nitrogens with zero attached hydrogens (tertiary/aromatic N) is 2. The highest BCUT2D eigenvalue weighted by Gasteiger charge is 2.12. The summed E-state index contributed by atoms with van der Waals surface area (Å²) in [6.45, 7) is 2.47. The van der Waals surface area contributed by atoms with Crippen molar-refractivity contribution in [3.63, 3.8) is 0 Å². The molecule has 3 nitrogen and oxygen atoms in total. The van der Waals surface area contributed by atoms with E-state index in [1.165, 1.54) is 0 Å². The van der Waals surface area contributed by atoms with E-state index in [1.54, 1.807) is 47.5 Å². The summed E-state index contributed by atoms with van der Waals surface area (Å²) in [5.41, 5.74) is 1.55. The van der Waals surface area contributed by atoms with Gasteiger partial charge in [-0.2, -0.15) is 0 Å². The molecule has 0 saturated carbocycles. The Bertz CT molecular complexity index is 550. The van der Waals surface area contributed by atoms with E-state index in [-0.39, 0.29) is 5.91 Å². The van der Waals surface area contributed by atoms with Gasteiger partial charge in [0.2, 0.25) is 0 Å². The number of halogens is 1. The van der Waals surface area contributed by atoms with Gasteiger partial charge in [0, 0.05) is 23.0 Å². The van der Waals surface area contributed by atoms with Crippen molar-refractivity contribution in [1.82, 2.24) is 9.88 Å². The molecular formula is C13H13ClN2OS. The molecule has 0 spiro atoms. The van der Waals surface area contributed by atoms with Gasteiger partial charge in [0.1, 0.15) is 0 Å². The number of hydrogen-bond acceptors (Lipinski definition) is 3. The molecule has 1 amide bonds. The summed E-state index contributed by atoms with van der Waals surface area (Å²) in [6, 6.07) is 6.90. The second-order valence-electron chi connectivity index (χ2n) is 4.03. The Kier molecular flexibility index (Phi) is 3.99. The average molecular weight is 281 g/mol. The predicted octanol–water partition coefficient (Wildman–Crippen LogP) is 3.38. The van der Waals surface area contributed by atoms with E-state index in [9.17, 15) is 4.79 Å². The fourth-order valence-corrected chi connectivity index (χ4v) is 2.34. The minimum Gasteiger partial charge on any atom is -0.336 e. The molecule has 0 aliphatic heterocycles. The van der Waals surface area contributed by atoms with Crippen molar-refractivity contribution in [1.29, 1.82) is 0 Å². The summed E-state index contributed by atoms with van der Waals surface area (Å²) in [5.74, 6) is -0.0303. The van der Waals surface area contributed by atoms with Crippen LogP contribution in [0.2, 0.25) is 5.02 Å². The molecule has 1 aromatic carbocycles. The number of carbonyl (C=O) groups excluding carboxylic acids is 1. The van der Waals surface area contributed by atoms with Crippen LogP contribution in [-0.2, 0) is 6.54 Å². The van der Waals surface area contributed by atoms with Gasteiger partial charge in [0.05, 0.1) is 17.2 Å². The molecule has 94 valence electrons. The maximum atomic E-state index is 12.1. The number of benzene rings is 1. The highest BCUT2D eigenvalue weighted by atomic mass is 35.5. The molecular weight excluding hydrogens is 268 g/mol. The summed E-state index contributed by atoms with van der Waals surface area (Å²) >= 11 is 7.38. The second-order valence-corrected chi connectivity index (χ2v) is 5.52. The first-order valence-electron chi connectivity index (χ1n) is 5.48. The van der Waals surface area contributed by atoms with Gasteiger partial charge < -0.3 is 4.90 Å². The highest BCUT2D eigenvalue weighted by Crippen LogP contribution is 2.14. The summed E-state index contributed by atoms with van der Waals surface area (Å²) in [4.78, 5) is 18.1. The third-order valence-electron chi connectivity index (χ3n) is 2.50. The summed E-state index contributed by atoms with van der Waals surface area (Å²) < 4.78 is 0. The van der Waals surface area contributed by atoms with Gasteiger partial charge in [-0.3, -0.25) is 4.79 Å². The highest BCUT2D eigenvalue weighted by molar-refractivity contribution is 7.09. The van der Waals surface area contributed by atoms with Crippen LogP contribution in [0.3, 0.4) is 0 Å². The first-order valence-corrected chi connectivity index (χ1v) is 6.74. The molecule has 5 heteroatoms. The molecule has 0 N–H and O–H groups in total. The van der Waals surface area contributed by atoms with E-state index in [0.717, 1.165) is 10.7 Å². The van der Waals surface area contributed by atoms with E-state index in [0.29, 0.717) is 17.1 Å². The SMILES string of the molecule is Cc1nc(CN(C)C(=O)c2ccc(Cl)cc2)cs1. The van der Waals surface area contributed by atoms with Crippen molar-refractivity contribution in [2.45, 2.75) is 13.5 Å². The Morgan fingerprint density at radius 2 is 2.06 bits per heavy atom. The number of hydrogen-bond donors (Lipinski definition) is 0. The molecule has 0 aliphatic carbocycles. The molecule has 0 aliphatic rings. The Balaban J connectivity index is 2.07. The Labute approximate surface area is 115 Å². The van der Waals surface area contributed by atoms with Gasteiger partial charge in [-0.05, 0) is 31.2 Å². The monoisotopic (exact) mass is 280 g/mol. The predicted molar refractivity (Wildman–Crippen MR) is 74.1 cm³/mol. The third-order valence-corrected chi connectivity index (χ3v) is 3.58. The zero-order chi connectivity index (χ0) is 13.1. The summed E-state index contributed by atoms with van der Waals surface area (Å²) in [7, 11) is 1.77. The van der Waals surface area contributed by atoms with Crippen molar-refractivity contribution in [3.05, 3.63) is 50.9 Å². The molecule has 0 fully saturated rings. The molecule has 2 rings (SSSR count). The van der Waals surface area contributed by atoms with Gasteiger partial charge in [-0.1, -0.05) is 11.6 Å². The van der Waals surface area contributed by atoms with Crippen LogP contribution in [0.25, 0.3) is 0 Å². The molecule has 18 heavy (non-hydrogen) atoms. The molecule has 0 bridgehead atoms. The number of aromatic nitrogens is 1. The number of aryl methyl sites for hydroxylation is 1. The second kappa shape index (κ2) is 5.50. The van der Waals surface area contributed by atoms with Crippen molar-refractivity contribution in [3.8, 4) is 0 Å².